The SMILES string of the molecule is CC(C)N1CC(c2ncc(-c3cccc(C(F)(F)F)c3)[nH]2)CC1=O. The van der Waals surface area contributed by atoms with Crippen molar-refractivity contribution in [3.8, 4) is 11.3 Å². The van der Waals surface area contributed by atoms with E-state index in [1.807, 2.05) is 13.8 Å². The Morgan fingerprint density at radius 2 is 2.08 bits per heavy atom. The molecule has 1 fully saturated rings. The van der Waals surface area contributed by atoms with Gasteiger partial charge in [0.1, 0.15) is 5.82 Å². The number of aromatic nitrogens is 2. The molecule has 128 valence electrons. The fraction of sp³-hybridized carbons (Fsp3) is 0.412. The summed E-state index contributed by atoms with van der Waals surface area (Å²) in [4.78, 5) is 21.1. The van der Waals surface area contributed by atoms with Crippen LogP contribution in [0.3, 0.4) is 0 Å². The van der Waals surface area contributed by atoms with E-state index < -0.39 is 11.7 Å². The summed E-state index contributed by atoms with van der Waals surface area (Å²) >= 11 is 0. The second-order valence-corrected chi connectivity index (χ2v) is 6.30. The van der Waals surface area contributed by atoms with Gasteiger partial charge in [-0.15, -0.1) is 0 Å². The maximum atomic E-state index is 12.8. The van der Waals surface area contributed by atoms with Gasteiger partial charge in [-0.05, 0) is 26.0 Å². The molecule has 1 aliphatic heterocycles. The lowest BCUT2D eigenvalue weighted by molar-refractivity contribution is -0.137. The Hall–Kier alpha value is -2.31. The number of nitrogens with one attached hydrogen (secondary N) is 1. The van der Waals surface area contributed by atoms with Crippen molar-refractivity contribution in [1.82, 2.24) is 14.9 Å². The Balaban J connectivity index is 1.83. The third-order valence-electron chi connectivity index (χ3n) is 4.26. The van der Waals surface area contributed by atoms with Crippen LogP contribution in [0.1, 0.15) is 37.6 Å². The molecule has 0 saturated carbocycles. The fourth-order valence-electron chi connectivity index (χ4n) is 2.97. The number of hydrogen-bond acceptors (Lipinski definition) is 2. The number of aromatic amines is 1. The molecule has 0 spiro atoms. The molecular weight excluding hydrogens is 319 g/mol. The van der Waals surface area contributed by atoms with Crippen molar-refractivity contribution in [2.45, 2.75) is 38.4 Å². The van der Waals surface area contributed by atoms with Crippen molar-refractivity contribution in [2.75, 3.05) is 6.54 Å². The number of benzene rings is 1. The van der Waals surface area contributed by atoms with Crippen LogP contribution in [0, 0.1) is 0 Å². The van der Waals surface area contributed by atoms with Gasteiger partial charge >= 0.3 is 6.18 Å². The second-order valence-electron chi connectivity index (χ2n) is 6.30. The molecular formula is C17H18F3N3O. The average Bonchev–Trinajstić information content (AvgIpc) is 3.13. The van der Waals surface area contributed by atoms with Gasteiger partial charge in [0.15, 0.2) is 0 Å². The zero-order chi connectivity index (χ0) is 17.5. The van der Waals surface area contributed by atoms with E-state index in [0.717, 1.165) is 12.1 Å². The van der Waals surface area contributed by atoms with E-state index in [2.05, 4.69) is 9.97 Å². The Morgan fingerprint density at radius 3 is 2.71 bits per heavy atom. The van der Waals surface area contributed by atoms with Gasteiger partial charge in [0, 0.05) is 30.5 Å². The average molecular weight is 337 g/mol. The number of carbonyl (C=O) groups excluding carboxylic acids is 1. The Labute approximate surface area is 137 Å². The number of hydrogen-bond donors (Lipinski definition) is 1. The van der Waals surface area contributed by atoms with Gasteiger partial charge in [-0.2, -0.15) is 13.2 Å². The molecule has 2 aromatic rings. The summed E-state index contributed by atoms with van der Waals surface area (Å²) in [6.45, 7) is 4.49. The fourth-order valence-corrected chi connectivity index (χ4v) is 2.97. The van der Waals surface area contributed by atoms with E-state index in [1.165, 1.54) is 12.3 Å². The molecule has 1 N–H and O–H groups in total. The van der Waals surface area contributed by atoms with E-state index in [1.54, 1.807) is 11.0 Å². The van der Waals surface area contributed by atoms with Crippen LogP contribution in [0.2, 0.25) is 0 Å². The van der Waals surface area contributed by atoms with E-state index in [4.69, 9.17) is 0 Å². The first kappa shape index (κ1) is 16.5. The molecule has 7 heteroatoms. The van der Waals surface area contributed by atoms with Crippen LogP contribution in [0.15, 0.2) is 30.5 Å². The summed E-state index contributed by atoms with van der Waals surface area (Å²) < 4.78 is 38.5. The normalized spacial score (nSPS) is 18.7. The van der Waals surface area contributed by atoms with E-state index in [-0.39, 0.29) is 17.9 Å². The quantitative estimate of drug-likeness (QED) is 0.926. The lowest BCUT2D eigenvalue weighted by atomic mass is 10.1. The predicted octanol–water partition coefficient (Wildman–Crippen LogP) is 3.82. The van der Waals surface area contributed by atoms with Gasteiger partial charge in [0.05, 0.1) is 17.5 Å². The van der Waals surface area contributed by atoms with Gasteiger partial charge in [-0.3, -0.25) is 4.79 Å². The molecule has 0 bridgehead atoms. The lowest BCUT2D eigenvalue weighted by Gasteiger charge is -2.20. The van der Waals surface area contributed by atoms with Crippen LogP contribution in [0.25, 0.3) is 11.3 Å². The van der Waals surface area contributed by atoms with E-state index in [0.29, 0.717) is 30.0 Å². The Morgan fingerprint density at radius 1 is 1.33 bits per heavy atom. The van der Waals surface area contributed by atoms with Crippen molar-refractivity contribution >= 4 is 5.91 Å². The molecule has 3 rings (SSSR count). The van der Waals surface area contributed by atoms with Gasteiger partial charge in [0.2, 0.25) is 5.91 Å². The van der Waals surface area contributed by atoms with Crippen molar-refractivity contribution in [3.63, 3.8) is 0 Å². The standard InChI is InChI=1S/C17H18F3N3O/c1-10(2)23-9-12(7-15(23)24)16-21-8-14(22-16)11-4-3-5-13(6-11)17(18,19)20/h3-6,8,10,12H,7,9H2,1-2H3,(H,21,22). The summed E-state index contributed by atoms with van der Waals surface area (Å²) in [6, 6.07) is 5.24. The number of halogens is 3. The van der Waals surface area contributed by atoms with Crippen LogP contribution in [-0.2, 0) is 11.0 Å². The van der Waals surface area contributed by atoms with Crippen LogP contribution < -0.4 is 0 Å². The summed E-state index contributed by atoms with van der Waals surface area (Å²) in [6.07, 6.45) is -2.49. The maximum Gasteiger partial charge on any atom is 0.416 e. The van der Waals surface area contributed by atoms with Crippen molar-refractivity contribution < 1.29 is 18.0 Å². The van der Waals surface area contributed by atoms with Crippen molar-refractivity contribution in [1.29, 1.82) is 0 Å². The number of rotatable bonds is 3. The van der Waals surface area contributed by atoms with Gasteiger partial charge < -0.3 is 9.88 Å². The molecule has 1 atom stereocenters. The van der Waals surface area contributed by atoms with Crippen LogP contribution in [0.4, 0.5) is 13.2 Å². The number of imidazole rings is 1. The smallest absolute Gasteiger partial charge is 0.342 e. The maximum absolute atomic E-state index is 12.8. The second kappa shape index (κ2) is 5.96. The van der Waals surface area contributed by atoms with Crippen LogP contribution in [0.5, 0.6) is 0 Å². The third-order valence-corrected chi connectivity index (χ3v) is 4.26. The molecule has 24 heavy (non-hydrogen) atoms. The molecule has 1 aromatic carbocycles. The summed E-state index contributed by atoms with van der Waals surface area (Å²) in [7, 11) is 0. The number of likely N-dealkylation sites (tertiary alicyclic amines) is 1. The first-order chi connectivity index (χ1) is 11.3. The minimum Gasteiger partial charge on any atom is -0.342 e. The van der Waals surface area contributed by atoms with Gasteiger partial charge in [-0.25, -0.2) is 4.98 Å². The van der Waals surface area contributed by atoms with Gasteiger partial charge in [-0.1, -0.05) is 12.1 Å². The molecule has 1 unspecified atom stereocenters. The minimum atomic E-state index is -4.38. The topological polar surface area (TPSA) is 49.0 Å². The molecule has 1 aliphatic rings. The predicted molar refractivity (Wildman–Crippen MR) is 83.2 cm³/mol. The number of carbonyl (C=O) groups is 1. The summed E-state index contributed by atoms with van der Waals surface area (Å²) in [5, 5.41) is 0. The first-order valence-corrected chi connectivity index (χ1v) is 7.77. The Kier molecular flexibility index (Phi) is 4.11. The zero-order valence-corrected chi connectivity index (χ0v) is 13.4. The largest absolute Gasteiger partial charge is 0.416 e. The molecule has 4 nitrogen and oxygen atoms in total. The highest BCUT2D eigenvalue weighted by atomic mass is 19.4. The monoisotopic (exact) mass is 337 g/mol. The Bertz CT molecular complexity index is 752. The highest BCUT2D eigenvalue weighted by Crippen LogP contribution is 2.33. The zero-order valence-electron chi connectivity index (χ0n) is 13.4. The van der Waals surface area contributed by atoms with E-state index >= 15 is 0 Å². The van der Waals surface area contributed by atoms with E-state index in [9.17, 15) is 18.0 Å². The summed E-state index contributed by atoms with van der Waals surface area (Å²) in [5.74, 6) is 0.658. The number of alkyl halides is 3. The van der Waals surface area contributed by atoms with Crippen molar-refractivity contribution in [3.05, 3.63) is 41.9 Å². The number of amides is 1. The number of nitrogens with zero attached hydrogens (tertiary/aromatic N) is 2. The first-order valence-electron chi connectivity index (χ1n) is 7.77. The number of H-pyrrole nitrogens is 1. The summed E-state index contributed by atoms with van der Waals surface area (Å²) in [5.41, 5.74) is 0.248. The lowest BCUT2D eigenvalue weighted by Crippen LogP contribution is -2.31. The van der Waals surface area contributed by atoms with Gasteiger partial charge in [0.25, 0.3) is 0 Å². The molecule has 1 aromatic heterocycles. The van der Waals surface area contributed by atoms with Crippen LogP contribution in [-0.4, -0.2) is 33.4 Å². The molecule has 1 amide bonds. The third kappa shape index (κ3) is 3.16. The molecule has 1 saturated heterocycles. The highest BCUT2D eigenvalue weighted by molar-refractivity contribution is 5.79. The molecule has 0 radical (unpaired) electrons. The molecule has 0 aliphatic carbocycles. The van der Waals surface area contributed by atoms with Crippen molar-refractivity contribution in [2.24, 2.45) is 0 Å². The molecule has 2 heterocycles. The minimum absolute atomic E-state index is 0.0561. The van der Waals surface area contributed by atoms with Crippen LogP contribution >= 0.6 is 0 Å². The highest BCUT2D eigenvalue weighted by Gasteiger charge is 2.34.